The SMILES string of the molecule is CC(Nc1nc(N)ncc1C#N)c1nc2cccc(-c3cnoc3)c2c(=O)n1-c1ccccc1. The highest BCUT2D eigenvalue weighted by Gasteiger charge is 2.21. The fraction of sp³-hybridized carbons (Fsp3) is 0.0833. The van der Waals surface area contributed by atoms with Crippen LogP contribution in [0.2, 0.25) is 0 Å². The summed E-state index contributed by atoms with van der Waals surface area (Å²) in [5, 5.41) is 16.8. The first-order valence-corrected chi connectivity index (χ1v) is 10.4. The number of nitrogens with zero attached hydrogens (tertiary/aromatic N) is 6. The number of nitrogens with two attached hydrogens (primary N) is 1. The molecule has 10 nitrogen and oxygen atoms in total. The van der Waals surface area contributed by atoms with Crippen LogP contribution in [0.15, 0.2) is 76.5 Å². The Morgan fingerprint density at radius 2 is 1.94 bits per heavy atom. The van der Waals surface area contributed by atoms with Gasteiger partial charge in [0.25, 0.3) is 5.56 Å². The van der Waals surface area contributed by atoms with Gasteiger partial charge < -0.3 is 15.6 Å². The summed E-state index contributed by atoms with van der Waals surface area (Å²) >= 11 is 0. The van der Waals surface area contributed by atoms with Gasteiger partial charge >= 0.3 is 0 Å². The molecule has 0 saturated carbocycles. The first kappa shape index (κ1) is 20.8. The number of nitrogen functional groups attached to an aromatic ring is 1. The first-order chi connectivity index (χ1) is 16.6. The van der Waals surface area contributed by atoms with Crippen molar-refractivity contribution in [1.29, 1.82) is 5.26 Å². The fourth-order valence-electron chi connectivity index (χ4n) is 3.80. The van der Waals surface area contributed by atoms with Gasteiger partial charge in [-0.25, -0.2) is 9.97 Å². The zero-order valence-electron chi connectivity index (χ0n) is 18.0. The number of fused-ring (bicyclic) bond motifs is 1. The first-order valence-electron chi connectivity index (χ1n) is 10.4. The van der Waals surface area contributed by atoms with Crippen molar-refractivity contribution in [2.45, 2.75) is 13.0 Å². The maximum Gasteiger partial charge on any atom is 0.266 e. The van der Waals surface area contributed by atoms with Crippen LogP contribution in [0.25, 0.3) is 27.7 Å². The van der Waals surface area contributed by atoms with E-state index in [2.05, 4.69) is 20.4 Å². The van der Waals surface area contributed by atoms with Crippen molar-refractivity contribution in [1.82, 2.24) is 24.7 Å². The Labute approximate surface area is 193 Å². The second kappa shape index (κ2) is 8.48. The van der Waals surface area contributed by atoms with E-state index in [1.807, 2.05) is 55.5 Å². The zero-order chi connectivity index (χ0) is 23.7. The minimum absolute atomic E-state index is 0.0268. The molecule has 0 radical (unpaired) electrons. The van der Waals surface area contributed by atoms with Gasteiger partial charge in [0.15, 0.2) is 0 Å². The average molecular weight is 450 g/mol. The van der Waals surface area contributed by atoms with Crippen molar-refractivity contribution in [2.24, 2.45) is 0 Å². The van der Waals surface area contributed by atoms with Crippen molar-refractivity contribution >= 4 is 22.7 Å². The monoisotopic (exact) mass is 450 g/mol. The van der Waals surface area contributed by atoms with Crippen LogP contribution in [-0.2, 0) is 0 Å². The molecule has 1 unspecified atom stereocenters. The number of hydrogen-bond donors (Lipinski definition) is 2. The largest absolute Gasteiger partial charge is 0.368 e. The molecule has 0 fully saturated rings. The number of anilines is 2. The molecule has 0 bridgehead atoms. The molecule has 2 aromatic carbocycles. The van der Waals surface area contributed by atoms with E-state index in [4.69, 9.17) is 15.2 Å². The Balaban J connectivity index is 1.74. The molecule has 0 aliphatic rings. The third-order valence-corrected chi connectivity index (χ3v) is 5.35. The van der Waals surface area contributed by atoms with Crippen LogP contribution < -0.4 is 16.6 Å². The molecule has 1 atom stereocenters. The van der Waals surface area contributed by atoms with E-state index in [-0.39, 0.29) is 22.9 Å². The average Bonchev–Trinajstić information content (AvgIpc) is 3.39. The summed E-state index contributed by atoms with van der Waals surface area (Å²) in [5.41, 5.74) is 8.21. The lowest BCUT2D eigenvalue weighted by atomic mass is 10.0. The third-order valence-electron chi connectivity index (χ3n) is 5.35. The Morgan fingerprint density at radius 1 is 1.12 bits per heavy atom. The highest BCUT2D eigenvalue weighted by atomic mass is 16.5. The van der Waals surface area contributed by atoms with Gasteiger partial charge in [-0.15, -0.1) is 0 Å². The lowest BCUT2D eigenvalue weighted by Gasteiger charge is -2.21. The van der Waals surface area contributed by atoms with Crippen molar-refractivity contribution in [2.75, 3.05) is 11.1 Å². The summed E-state index contributed by atoms with van der Waals surface area (Å²) in [6.45, 7) is 1.83. The Bertz CT molecular complexity index is 1590. The van der Waals surface area contributed by atoms with Crippen LogP contribution in [-0.4, -0.2) is 24.7 Å². The molecule has 0 amide bonds. The zero-order valence-corrected chi connectivity index (χ0v) is 18.0. The summed E-state index contributed by atoms with van der Waals surface area (Å²) in [5.74, 6) is 0.723. The molecule has 5 rings (SSSR count). The van der Waals surface area contributed by atoms with Gasteiger partial charge in [-0.05, 0) is 25.1 Å². The topological polar surface area (TPSA) is 149 Å². The second-order valence-electron chi connectivity index (χ2n) is 7.53. The molecule has 0 aliphatic heterocycles. The second-order valence-corrected chi connectivity index (χ2v) is 7.53. The van der Waals surface area contributed by atoms with E-state index in [1.165, 1.54) is 12.5 Å². The number of nitriles is 1. The minimum Gasteiger partial charge on any atom is -0.368 e. The quantitative estimate of drug-likeness (QED) is 0.410. The highest BCUT2D eigenvalue weighted by Crippen LogP contribution is 2.28. The van der Waals surface area contributed by atoms with Gasteiger partial charge in [-0.3, -0.25) is 9.36 Å². The van der Waals surface area contributed by atoms with Crippen molar-refractivity contribution < 1.29 is 4.52 Å². The molecule has 0 aliphatic carbocycles. The molecular weight excluding hydrogens is 432 g/mol. The number of nitrogens with one attached hydrogen (secondary N) is 1. The van der Waals surface area contributed by atoms with Gasteiger partial charge in [0, 0.05) is 11.1 Å². The smallest absolute Gasteiger partial charge is 0.266 e. The van der Waals surface area contributed by atoms with Gasteiger partial charge in [-0.1, -0.05) is 35.5 Å². The molecule has 0 spiro atoms. The Kier molecular flexibility index (Phi) is 5.20. The Hall–Kier alpha value is -5.04. The molecule has 5 aromatic rings. The van der Waals surface area contributed by atoms with E-state index >= 15 is 0 Å². The number of rotatable bonds is 5. The highest BCUT2D eigenvalue weighted by molar-refractivity contribution is 5.93. The summed E-state index contributed by atoms with van der Waals surface area (Å²) in [4.78, 5) is 26.8. The molecular formula is C24H18N8O2. The minimum atomic E-state index is -0.516. The number of para-hydroxylation sites is 1. The number of hydrogen-bond acceptors (Lipinski definition) is 9. The number of aromatic nitrogens is 5. The van der Waals surface area contributed by atoms with Gasteiger partial charge in [-0.2, -0.15) is 10.2 Å². The van der Waals surface area contributed by atoms with Crippen LogP contribution in [0.1, 0.15) is 24.4 Å². The number of benzene rings is 2. The van der Waals surface area contributed by atoms with Crippen LogP contribution in [0.4, 0.5) is 11.8 Å². The predicted molar refractivity (Wildman–Crippen MR) is 126 cm³/mol. The molecule has 3 aromatic heterocycles. The van der Waals surface area contributed by atoms with E-state index in [0.717, 1.165) is 0 Å². The van der Waals surface area contributed by atoms with Gasteiger partial charge in [0.05, 0.1) is 35.0 Å². The fourth-order valence-corrected chi connectivity index (χ4v) is 3.80. The molecule has 34 heavy (non-hydrogen) atoms. The van der Waals surface area contributed by atoms with Crippen LogP contribution >= 0.6 is 0 Å². The molecule has 0 saturated heterocycles. The van der Waals surface area contributed by atoms with Crippen LogP contribution in [0, 0.1) is 11.3 Å². The van der Waals surface area contributed by atoms with Crippen molar-refractivity contribution in [3.63, 3.8) is 0 Å². The normalized spacial score (nSPS) is 11.8. The summed E-state index contributed by atoms with van der Waals surface area (Å²) in [6.07, 6.45) is 4.39. The van der Waals surface area contributed by atoms with E-state index in [0.29, 0.717) is 33.5 Å². The lowest BCUT2D eigenvalue weighted by molar-refractivity contribution is 0.420. The Morgan fingerprint density at radius 3 is 2.68 bits per heavy atom. The molecule has 3 N–H and O–H groups in total. The predicted octanol–water partition coefficient (Wildman–Crippen LogP) is 3.46. The lowest BCUT2D eigenvalue weighted by Crippen LogP contribution is -2.28. The summed E-state index contributed by atoms with van der Waals surface area (Å²) in [6, 6.07) is 16.2. The van der Waals surface area contributed by atoms with Crippen LogP contribution in [0.5, 0.6) is 0 Å². The van der Waals surface area contributed by atoms with E-state index < -0.39 is 6.04 Å². The van der Waals surface area contributed by atoms with Crippen molar-refractivity contribution in [3.8, 4) is 22.9 Å². The molecule has 166 valence electrons. The van der Waals surface area contributed by atoms with E-state index in [9.17, 15) is 10.1 Å². The third kappa shape index (κ3) is 3.61. The maximum absolute atomic E-state index is 13.9. The van der Waals surface area contributed by atoms with Crippen LogP contribution in [0.3, 0.4) is 0 Å². The summed E-state index contributed by atoms with van der Waals surface area (Å²) < 4.78 is 6.54. The molecule has 3 heterocycles. The van der Waals surface area contributed by atoms with Gasteiger partial charge in [0.2, 0.25) is 5.95 Å². The summed E-state index contributed by atoms with van der Waals surface area (Å²) in [7, 11) is 0. The van der Waals surface area contributed by atoms with Gasteiger partial charge in [0.1, 0.15) is 29.5 Å². The molecule has 10 heteroatoms. The van der Waals surface area contributed by atoms with Crippen molar-refractivity contribution in [3.05, 3.63) is 88.9 Å². The maximum atomic E-state index is 13.9. The standard InChI is InChI=1S/C24H18N8O2/c1-14(29-21-15(10-25)11-27-24(26)31-21)22-30-19-9-5-8-18(16-12-28-34-13-16)20(19)23(33)32(22)17-6-3-2-4-7-17/h2-9,11-14H,1H3,(H3,26,27,29,31). The van der Waals surface area contributed by atoms with E-state index in [1.54, 1.807) is 16.8 Å².